The zero-order chi connectivity index (χ0) is 9.68. The third-order valence-corrected chi connectivity index (χ3v) is 2.39. The van der Waals surface area contributed by atoms with Crippen molar-refractivity contribution in [1.29, 1.82) is 5.41 Å². The molecule has 0 saturated carbocycles. The number of piperidine rings is 1. The molecule has 3 N–H and O–H groups in total. The van der Waals surface area contributed by atoms with Crippen molar-refractivity contribution in [3.63, 3.8) is 0 Å². The van der Waals surface area contributed by atoms with Crippen molar-refractivity contribution in [2.24, 2.45) is 5.73 Å². The number of nitrogens with one attached hydrogen (secondary N) is 1. The number of rotatable bonds is 3. The van der Waals surface area contributed by atoms with E-state index in [4.69, 9.17) is 11.1 Å². The summed E-state index contributed by atoms with van der Waals surface area (Å²) in [5.74, 6) is 0.184. The normalized spacial score (nSPS) is 18.5. The Morgan fingerprint density at radius 3 is 2.46 bits per heavy atom. The molecule has 0 aromatic rings. The summed E-state index contributed by atoms with van der Waals surface area (Å²) in [6, 6.07) is 0. The fraction of sp³-hybridized carbons (Fsp3) is 0.889. The molecule has 1 heterocycles. The van der Waals surface area contributed by atoms with Gasteiger partial charge in [0.1, 0.15) is 0 Å². The van der Waals surface area contributed by atoms with E-state index in [0.717, 1.165) is 26.1 Å². The van der Waals surface area contributed by atoms with Crippen molar-refractivity contribution in [3.05, 3.63) is 0 Å². The number of hydrogen-bond donors (Lipinski definition) is 2. The topological polar surface area (TPSA) is 56.4 Å². The third-order valence-electron chi connectivity index (χ3n) is 2.39. The van der Waals surface area contributed by atoms with Crippen LogP contribution < -0.4 is 5.73 Å². The Balaban J connectivity index is 2.46. The maximum absolute atomic E-state index is 7.45. The largest absolute Gasteiger partial charge is 0.369 e. The van der Waals surface area contributed by atoms with Gasteiger partial charge in [-0.15, -0.1) is 0 Å². The van der Waals surface area contributed by atoms with Gasteiger partial charge in [-0.3, -0.25) is 10.4 Å². The van der Waals surface area contributed by atoms with Crippen LogP contribution in [-0.4, -0.2) is 35.6 Å². The van der Waals surface area contributed by atoms with Gasteiger partial charge < -0.3 is 5.73 Å². The van der Waals surface area contributed by atoms with Crippen LogP contribution in [0.3, 0.4) is 0 Å². The monoisotopic (exact) mass is 184 g/mol. The van der Waals surface area contributed by atoms with Gasteiger partial charge >= 0.3 is 0 Å². The van der Waals surface area contributed by atoms with E-state index >= 15 is 0 Å². The number of hydrogen-bond acceptors (Lipinski definition) is 2. The molecule has 1 rings (SSSR count). The van der Waals surface area contributed by atoms with Crippen molar-refractivity contribution in [2.45, 2.75) is 32.6 Å². The first kappa shape index (κ1) is 10.3. The van der Waals surface area contributed by atoms with E-state index in [9.17, 15) is 0 Å². The van der Waals surface area contributed by atoms with Gasteiger partial charge in [-0.25, -0.2) is 5.01 Å². The molecule has 0 atom stereocenters. The van der Waals surface area contributed by atoms with Crippen LogP contribution in [0.4, 0.5) is 0 Å². The molecular weight excluding hydrogens is 164 g/mol. The lowest BCUT2D eigenvalue weighted by Gasteiger charge is -2.37. The molecule has 0 aliphatic carbocycles. The van der Waals surface area contributed by atoms with Crippen LogP contribution in [-0.2, 0) is 0 Å². The van der Waals surface area contributed by atoms with Crippen molar-refractivity contribution in [3.8, 4) is 0 Å². The number of nitrogens with zero attached hydrogens (tertiary/aromatic N) is 2. The summed E-state index contributed by atoms with van der Waals surface area (Å²) in [4.78, 5) is 0. The lowest BCUT2D eigenvalue weighted by atomic mass is 10.2. The van der Waals surface area contributed by atoms with Crippen LogP contribution >= 0.6 is 0 Å². The van der Waals surface area contributed by atoms with Crippen LogP contribution in [0, 0.1) is 5.41 Å². The summed E-state index contributed by atoms with van der Waals surface area (Å²) in [6.07, 6.45) is 4.81. The van der Waals surface area contributed by atoms with Gasteiger partial charge in [-0.2, -0.15) is 0 Å². The molecule has 0 spiro atoms. The average Bonchev–Trinajstić information content (AvgIpc) is 2.15. The SMILES string of the molecule is CCCN(C(=N)N)N1CCCCC1. The first-order valence-corrected chi connectivity index (χ1v) is 5.12. The molecule has 4 heteroatoms. The Morgan fingerprint density at radius 1 is 1.38 bits per heavy atom. The molecule has 0 amide bonds. The Kier molecular flexibility index (Phi) is 4.02. The van der Waals surface area contributed by atoms with Crippen LogP contribution in [0.2, 0.25) is 0 Å². The molecule has 1 aliphatic heterocycles. The highest BCUT2D eigenvalue weighted by Gasteiger charge is 2.17. The van der Waals surface area contributed by atoms with Crippen LogP contribution in [0.25, 0.3) is 0 Å². The van der Waals surface area contributed by atoms with E-state index in [0.29, 0.717) is 0 Å². The summed E-state index contributed by atoms with van der Waals surface area (Å²) in [5, 5.41) is 11.6. The Hall–Kier alpha value is -0.770. The molecule has 1 fully saturated rings. The van der Waals surface area contributed by atoms with Gasteiger partial charge in [-0.05, 0) is 19.3 Å². The minimum atomic E-state index is 0.184. The third kappa shape index (κ3) is 2.88. The van der Waals surface area contributed by atoms with Crippen molar-refractivity contribution < 1.29 is 0 Å². The van der Waals surface area contributed by atoms with E-state index in [1.807, 2.05) is 5.01 Å². The molecule has 1 saturated heterocycles. The number of hydrazine groups is 1. The second-order valence-electron chi connectivity index (χ2n) is 3.52. The Bertz CT molecular complexity index is 163. The molecule has 0 bridgehead atoms. The smallest absolute Gasteiger partial charge is 0.203 e. The van der Waals surface area contributed by atoms with E-state index in [2.05, 4.69) is 11.9 Å². The summed E-state index contributed by atoms with van der Waals surface area (Å²) in [7, 11) is 0. The van der Waals surface area contributed by atoms with Gasteiger partial charge in [0.25, 0.3) is 0 Å². The second kappa shape index (κ2) is 5.07. The standard InChI is InChI=1S/C9H20N4/c1-2-6-13(9(10)11)12-7-4-3-5-8-12/h2-8H2,1H3,(H3,10,11). The molecule has 0 aromatic heterocycles. The predicted molar refractivity (Wildman–Crippen MR) is 54.3 cm³/mol. The zero-order valence-corrected chi connectivity index (χ0v) is 8.42. The Morgan fingerprint density at radius 2 is 2.00 bits per heavy atom. The lowest BCUT2D eigenvalue weighted by Crippen LogP contribution is -2.51. The van der Waals surface area contributed by atoms with Gasteiger partial charge in [0, 0.05) is 19.6 Å². The van der Waals surface area contributed by atoms with E-state index in [1.165, 1.54) is 19.3 Å². The summed E-state index contributed by atoms with van der Waals surface area (Å²) < 4.78 is 0. The van der Waals surface area contributed by atoms with Crippen molar-refractivity contribution >= 4 is 5.96 Å². The predicted octanol–water partition coefficient (Wildman–Crippen LogP) is 0.993. The minimum Gasteiger partial charge on any atom is -0.369 e. The van der Waals surface area contributed by atoms with E-state index in [1.54, 1.807) is 0 Å². The zero-order valence-electron chi connectivity index (χ0n) is 8.42. The molecule has 4 nitrogen and oxygen atoms in total. The van der Waals surface area contributed by atoms with Crippen LogP contribution in [0.5, 0.6) is 0 Å². The summed E-state index contributed by atoms with van der Waals surface area (Å²) in [6.45, 7) is 5.09. The lowest BCUT2D eigenvalue weighted by molar-refractivity contribution is 0.0233. The molecular formula is C9H20N4. The summed E-state index contributed by atoms with van der Waals surface area (Å²) in [5.41, 5.74) is 5.52. The molecule has 0 unspecified atom stereocenters. The van der Waals surface area contributed by atoms with Gasteiger partial charge in [0.2, 0.25) is 5.96 Å². The maximum atomic E-state index is 7.45. The molecule has 0 radical (unpaired) electrons. The highest BCUT2D eigenvalue weighted by Crippen LogP contribution is 2.11. The Labute approximate surface area is 80.2 Å². The van der Waals surface area contributed by atoms with E-state index < -0.39 is 0 Å². The average molecular weight is 184 g/mol. The van der Waals surface area contributed by atoms with Crippen LogP contribution in [0.15, 0.2) is 0 Å². The molecule has 13 heavy (non-hydrogen) atoms. The maximum Gasteiger partial charge on any atom is 0.203 e. The molecule has 1 aliphatic rings. The first-order chi connectivity index (χ1) is 6.25. The first-order valence-electron chi connectivity index (χ1n) is 5.12. The fourth-order valence-corrected chi connectivity index (χ4v) is 1.74. The molecule has 76 valence electrons. The number of guanidine groups is 1. The summed E-state index contributed by atoms with van der Waals surface area (Å²) >= 11 is 0. The minimum absolute atomic E-state index is 0.184. The van der Waals surface area contributed by atoms with Crippen LogP contribution in [0.1, 0.15) is 32.6 Å². The van der Waals surface area contributed by atoms with Gasteiger partial charge in [-0.1, -0.05) is 13.3 Å². The second-order valence-corrected chi connectivity index (χ2v) is 3.52. The quantitative estimate of drug-likeness (QED) is 0.508. The van der Waals surface area contributed by atoms with Gasteiger partial charge in [0.05, 0.1) is 0 Å². The number of nitrogens with two attached hydrogens (primary N) is 1. The van der Waals surface area contributed by atoms with Gasteiger partial charge in [0.15, 0.2) is 0 Å². The van der Waals surface area contributed by atoms with Crippen molar-refractivity contribution in [2.75, 3.05) is 19.6 Å². The highest BCUT2D eigenvalue weighted by molar-refractivity contribution is 5.74. The van der Waals surface area contributed by atoms with Crippen molar-refractivity contribution in [1.82, 2.24) is 10.0 Å². The highest BCUT2D eigenvalue weighted by atomic mass is 15.6. The van der Waals surface area contributed by atoms with E-state index in [-0.39, 0.29) is 5.96 Å². The molecule has 0 aromatic carbocycles. The fourth-order valence-electron chi connectivity index (χ4n) is 1.74.